The van der Waals surface area contributed by atoms with E-state index in [4.69, 9.17) is 26.0 Å². The number of hydrogen-bond donors (Lipinski definition) is 1. The molecule has 2 aromatic heterocycles. The van der Waals surface area contributed by atoms with Crippen LogP contribution < -0.4 is 10.2 Å². The van der Waals surface area contributed by atoms with Gasteiger partial charge in [-0.1, -0.05) is 41.9 Å². The third-order valence-corrected chi connectivity index (χ3v) is 6.35. The van der Waals surface area contributed by atoms with Gasteiger partial charge in [0.05, 0.1) is 24.4 Å². The highest BCUT2D eigenvalue weighted by Crippen LogP contribution is 2.40. The summed E-state index contributed by atoms with van der Waals surface area (Å²) in [5.41, 5.74) is 1.90. The van der Waals surface area contributed by atoms with Crippen molar-refractivity contribution in [3.63, 3.8) is 0 Å². The van der Waals surface area contributed by atoms with Crippen molar-refractivity contribution in [2.45, 2.75) is 44.7 Å². The molecule has 1 aliphatic rings. The van der Waals surface area contributed by atoms with Crippen LogP contribution in [0.15, 0.2) is 71.3 Å². The Morgan fingerprint density at radius 1 is 1.15 bits per heavy atom. The van der Waals surface area contributed by atoms with Gasteiger partial charge < -0.3 is 14.6 Å². The fourth-order valence-corrected chi connectivity index (χ4v) is 4.26. The first-order valence-electron chi connectivity index (χ1n) is 11.7. The number of benzene rings is 2. The number of rotatable bonds is 9. The molecule has 1 atom stereocenters. The van der Waals surface area contributed by atoms with Crippen molar-refractivity contribution in [2.75, 3.05) is 11.4 Å². The summed E-state index contributed by atoms with van der Waals surface area (Å²) in [6, 6.07) is 19.4. The number of anilines is 1. The molecule has 0 unspecified atom stereocenters. The Morgan fingerprint density at radius 2 is 1.97 bits per heavy atom. The van der Waals surface area contributed by atoms with Crippen molar-refractivity contribution in [3.8, 4) is 0 Å². The van der Waals surface area contributed by atoms with Gasteiger partial charge in [0.25, 0.3) is 0 Å². The molecule has 0 saturated heterocycles. The number of nitrogens with one attached hydrogen (secondary N) is 1. The summed E-state index contributed by atoms with van der Waals surface area (Å²) in [6.07, 6.45) is 4.19. The molecule has 174 valence electrons. The molecule has 1 fully saturated rings. The van der Waals surface area contributed by atoms with Crippen LogP contribution in [0.4, 0.5) is 5.82 Å². The summed E-state index contributed by atoms with van der Waals surface area (Å²) < 4.78 is 5.63. The Kier molecular flexibility index (Phi) is 6.50. The third-order valence-electron chi connectivity index (χ3n) is 6.11. The molecule has 0 radical (unpaired) electrons. The number of aromatic nitrogens is 2. The minimum absolute atomic E-state index is 0.00961. The van der Waals surface area contributed by atoms with Crippen LogP contribution in [0.25, 0.3) is 10.9 Å². The first-order chi connectivity index (χ1) is 16.6. The van der Waals surface area contributed by atoms with E-state index in [1.807, 2.05) is 67.6 Å². The van der Waals surface area contributed by atoms with Gasteiger partial charge in [-0.3, -0.25) is 4.79 Å². The Balaban J connectivity index is 1.40. The quantitative estimate of drug-likeness (QED) is 0.321. The molecule has 1 amide bonds. The number of nitrogens with zero attached hydrogens (tertiary/aromatic N) is 3. The van der Waals surface area contributed by atoms with E-state index in [1.165, 1.54) is 0 Å². The minimum Gasteiger partial charge on any atom is -0.467 e. The molecule has 0 spiro atoms. The maximum atomic E-state index is 12.8. The van der Waals surface area contributed by atoms with Gasteiger partial charge in [0.2, 0.25) is 5.91 Å². The molecular formula is C27H27ClN4O2. The van der Waals surface area contributed by atoms with Gasteiger partial charge in [-0.15, -0.1) is 0 Å². The molecule has 1 saturated carbocycles. The number of amides is 1. The SMILES string of the molecule is C[C@H](NC(=O)CCN(Cc1ccco1)c1nc(C2CC2)nc2cc(Cl)ccc12)c1ccccc1. The first-order valence-corrected chi connectivity index (χ1v) is 12.0. The van der Waals surface area contributed by atoms with E-state index in [-0.39, 0.29) is 11.9 Å². The second kappa shape index (κ2) is 9.85. The second-order valence-electron chi connectivity index (χ2n) is 8.79. The number of carbonyl (C=O) groups is 1. The van der Waals surface area contributed by atoms with E-state index in [0.717, 1.165) is 46.7 Å². The van der Waals surface area contributed by atoms with E-state index in [1.54, 1.807) is 6.26 Å². The van der Waals surface area contributed by atoms with Crippen LogP contribution >= 0.6 is 11.6 Å². The lowest BCUT2D eigenvalue weighted by atomic mass is 10.1. The number of furan rings is 1. The summed E-state index contributed by atoms with van der Waals surface area (Å²) in [6.45, 7) is 3.00. The average molecular weight is 475 g/mol. The highest BCUT2D eigenvalue weighted by molar-refractivity contribution is 6.31. The van der Waals surface area contributed by atoms with E-state index < -0.39 is 0 Å². The molecule has 2 heterocycles. The Hall–Kier alpha value is -3.38. The summed E-state index contributed by atoms with van der Waals surface area (Å²) in [4.78, 5) is 24.7. The minimum atomic E-state index is -0.0595. The molecule has 0 aliphatic heterocycles. The highest BCUT2D eigenvalue weighted by Gasteiger charge is 2.29. The first kappa shape index (κ1) is 22.4. The van der Waals surface area contributed by atoms with Gasteiger partial charge >= 0.3 is 0 Å². The van der Waals surface area contributed by atoms with Crippen LogP contribution in [0, 0.1) is 0 Å². The summed E-state index contributed by atoms with van der Waals surface area (Å²) in [5, 5.41) is 4.67. The zero-order valence-electron chi connectivity index (χ0n) is 19.1. The molecule has 2 aromatic carbocycles. The van der Waals surface area contributed by atoms with Crippen LogP contribution in [-0.2, 0) is 11.3 Å². The molecule has 4 aromatic rings. The third kappa shape index (κ3) is 5.23. The van der Waals surface area contributed by atoms with Crippen molar-refractivity contribution in [1.82, 2.24) is 15.3 Å². The maximum absolute atomic E-state index is 12.8. The highest BCUT2D eigenvalue weighted by atomic mass is 35.5. The number of fused-ring (bicyclic) bond motifs is 1. The van der Waals surface area contributed by atoms with Crippen LogP contribution in [0.3, 0.4) is 0 Å². The fraction of sp³-hybridized carbons (Fsp3) is 0.296. The largest absolute Gasteiger partial charge is 0.467 e. The maximum Gasteiger partial charge on any atom is 0.222 e. The molecular weight excluding hydrogens is 448 g/mol. The molecule has 0 bridgehead atoms. The molecule has 5 rings (SSSR count). The average Bonchev–Trinajstić information content (AvgIpc) is 3.57. The molecule has 34 heavy (non-hydrogen) atoms. The number of carbonyl (C=O) groups excluding carboxylic acids is 1. The van der Waals surface area contributed by atoms with Gasteiger partial charge in [-0.25, -0.2) is 9.97 Å². The van der Waals surface area contributed by atoms with Gasteiger partial charge in [0.15, 0.2) is 0 Å². The van der Waals surface area contributed by atoms with Crippen LogP contribution in [-0.4, -0.2) is 22.4 Å². The zero-order chi connectivity index (χ0) is 23.5. The molecule has 1 N–H and O–H groups in total. The van der Waals surface area contributed by atoms with E-state index in [0.29, 0.717) is 30.5 Å². The van der Waals surface area contributed by atoms with Gasteiger partial charge in [-0.2, -0.15) is 0 Å². The van der Waals surface area contributed by atoms with Crippen molar-refractivity contribution in [3.05, 3.63) is 89.1 Å². The van der Waals surface area contributed by atoms with Crippen molar-refractivity contribution in [1.29, 1.82) is 0 Å². The standard InChI is InChI=1S/C27H27ClN4O2/c1-18(19-6-3-2-4-7-19)29-25(33)13-14-32(17-22-8-5-15-34-22)27-23-12-11-21(28)16-24(23)30-26(31-27)20-9-10-20/h2-8,11-12,15-16,18,20H,9-10,13-14,17H2,1H3,(H,29,33)/t18-/m0/s1. The lowest BCUT2D eigenvalue weighted by Gasteiger charge is -2.25. The normalized spacial score (nSPS) is 14.2. The van der Waals surface area contributed by atoms with Gasteiger partial charge in [-0.05, 0) is 55.7 Å². The van der Waals surface area contributed by atoms with Crippen LogP contribution in [0.5, 0.6) is 0 Å². The predicted octanol–water partition coefficient (Wildman–Crippen LogP) is 6.03. The van der Waals surface area contributed by atoms with Crippen molar-refractivity contribution in [2.24, 2.45) is 0 Å². The number of hydrogen-bond acceptors (Lipinski definition) is 5. The second-order valence-corrected chi connectivity index (χ2v) is 9.23. The Bertz CT molecular complexity index is 1270. The fourth-order valence-electron chi connectivity index (χ4n) is 4.09. The Labute approximate surface area is 204 Å². The molecule has 1 aliphatic carbocycles. The summed E-state index contributed by atoms with van der Waals surface area (Å²) in [5.74, 6) is 2.85. The molecule has 6 nitrogen and oxygen atoms in total. The van der Waals surface area contributed by atoms with Gasteiger partial charge in [0, 0.05) is 29.3 Å². The van der Waals surface area contributed by atoms with Gasteiger partial charge in [0.1, 0.15) is 17.4 Å². The zero-order valence-corrected chi connectivity index (χ0v) is 19.8. The lowest BCUT2D eigenvalue weighted by Crippen LogP contribution is -2.32. The van der Waals surface area contributed by atoms with Crippen LogP contribution in [0.1, 0.15) is 55.3 Å². The van der Waals surface area contributed by atoms with Crippen molar-refractivity contribution < 1.29 is 9.21 Å². The van der Waals surface area contributed by atoms with Crippen molar-refractivity contribution >= 4 is 34.2 Å². The lowest BCUT2D eigenvalue weighted by molar-refractivity contribution is -0.121. The van der Waals surface area contributed by atoms with E-state index in [2.05, 4.69) is 10.2 Å². The summed E-state index contributed by atoms with van der Waals surface area (Å²) in [7, 11) is 0. The smallest absolute Gasteiger partial charge is 0.222 e. The Morgan fingerprint density at radius 3 is 2.71 bits per heavy atom. The summed E-state index contributed by atoms with van der Waals surface area (Å²) >= 11 is 6.27. The van der Waals surface area contributed by atoms with E-state index in [9.17, 15) is 4.79 Å². The topological polar surface area (TPSA) is 71.3 Å². The van der Waals surface area contributed by atoms with Crippen LogP contribution in [0.2, 0.25) is 5.02 Å². The predicted molar refractivity (Wildman–Crippen MR) is 134 cm³/mol. The monoisotopic (exact) mass is 474 g/mol. The van der Waals surface area contributed by atoms with E-state index >= 15 is 0 Å². The number of halogens is 1. The molecule has 7 heteroatoms.